The largest absolute Gasteiger partial charge is 0.374 e. The van der Waals surface area contributed by atoms with Crippen molar-refractivity contribution < 1.29 is 9.53 Å². The van der Waals surface area contributed by atoms with E-state index in [0.29, 0.717) is 19.1 Å². The lowest BCUT2D eigenvalue weighted by Gasteiger charge is -2.43. The van der Waals surface area contributed by atoms with Gasteiger partial charge in [0.25, 0.3) is 0 Å². The van der Waals surface area contributed by atoms with E-state index in [2.05, 4.69) is 15.5 Å². The normalized spacial score (nSPS) is 28.8. The van der Waals surface area contributed by atoms with E-state index >= 15 is 0 Å². The van der Waals surface area contributed by atoms with Crippen molar-refractivity contribution in [3.63, 3.8) is 0 Å². The second-order valence-electron chi connectivity index (χ2n) is 7.02. The molecule has 0 unspecified atom stereocenters. The Kier molecular flexibility index (Phi) is 4.29. The van der Waals surface area contributed by atoms with Gasteiger partial charge in [-0.2, -0.15) is 0 Å². The third-order valence-electron chi connectivity index (χ3n) is 5.62. The first-order valence-corrected chi connectivity index (χ1v) is 9.00. The number of aromatic nitrogens is 4. The summed E-state index contributed by atoms with van der Waals surface area (Å²) in [6.07, 6.45) is 9.50. The number of hydrogen-bond donors (Lipinski definition) is 0. The number of fused-ring (bicyclic) bond motifs is 1. The highest BCUT2D eigenvalue weighted by atomic mass is 16.5. The molecule has 2 saturated carbocycles. The summed E-state index contributed by atoms with van der Waals surface area (Å²) in [7, 11) is 0. The van der Waals surface area contributed by atoms with Crippen LogP contribution < -0.4 is 0 Å². The average molecular weight is 319 g/mol. The molecule has 2 heterocycles. The second kappa shape index (κ2) is 6.55. The van der Waals surface area contributed by atoms with Crippen molar-refractivity contribution in [1.82, 2.24) is 25.1 Å². The van der Waals surface area contributed by atoms with Crippen LogP contribution in [-0.4, -0.2) is 56.3 Å². The van der Waals surface area contributed by atoms with E-state index in [0.717, 1.165) is 31.5 Å². The summed E-state index contributed by atoms with van der Waals surface area (Å²) in [6, 6.07) is 0.247. The van der Waals surface area contributed by atoms with E-state index in [9.17, 15) is 4.79 Å². The quantitative estimate of drug-likeness (QED) is 0.844. The summed E-state index contributed by atoms with van der Waals surface area (Å²) >= 11 is 0. The van der Waals surface area contributed by atoms with Crippen LogP contribution in [0.4, 0.5) is 0 Å². The maximum Gasteiger partial charge on any atom is 0.244 e. The summed E-state index contributed by atoms with van der Waals surface area (Å²) in [4.78, 5) is 14.9. The molecule has 3 fully saturated rings. The Labute approximate surface area is 136 Å². The molecule has 126 valence electrons. The summed E-state index contributed by atoms with van der Waals surface area (Å²) in [5.41, 5.74) is 0. The average Bonchev–Trinajstić information content (AvgIpc) is 3.25. The summed E-state index contributed by atoms with van der Waals surface area (Å²) in [5.74, 6) is 1.45. The fourth-order valence-corrected chi connectivity index (χ4v) is 4.43. The fourth-order valence-electron chi connectivity index (χ4n) is 4.43. The zero-order chi connectivity index (χ0) is 15.6. The third kappa shape index (κ3) is 2.98. The maximum atomic E-state index is 12.8. The summed E-state index contributed by atoms with van der Waals surface area (Å²) in [6.45, 7) is 1.61. The van der Waals surface area contributed by atoms with Gasteiger partial charge in [-0.1, -0.05) is 25.7 Å². The SMILES string of the molecule is O=C(Cn1nnnc1C1CCCC1)N1CCO[C@H]2CCCC[C@@H]21. The minimum atomic E-state index is 0.136. The van der Waals surface area contributed by atoms with Crippen molar-refractivity contribution in [2.24, 2.45) is 0 Å². The van der Waals surface area contributed by atoms with E-state index in [4.69, 9.17) is 4.74 Å². The van der Waals surface area contributed by atoms with Crippen LogP contribution in [0.5, 0.6) is 0 Å². The van der Waals surface area contributed by atoms with Crippen molar-refractivity contribution in [1.29, 1.82) is 0 Å². The van der Waals surface area contributed by atoms with E-state index in [-0.39, 0.29) is 24.6 Å². The van der Waals surface area contributed by atoms with Crippen LogP contribution in [0.3, 0.4) is 0 Å². The van der Waals surface area contributed by atoms with Crippen molar-refractivity contribution in [3.8, 4) is 0 Å². The molecule has 0 aromatic carbocycles. The van der Waals surface area contributed by atoms with Gasteiger partial charge in [-0.05, 0) is 36.1 Å². The molecule has 7 nitrogen and oxygen atoms in total. The molecule has 0 spiro atoms. The zero-order valence-electron chi connectivity index (χ0n) is 13.6. The van der Waals surface area contributed by atoms with Crippen LogP contribution in [0.25, 0.3) is 0 Å². The Bertz CT molecular complexity index is 552. The van der Waals surface area contributed by atoms with Crippen LogP contribution >= 0.6 is 0 Å². The van der Waals surface area contributed by atoms with E-state index in [1.165, 1.54) is 25.7 Å². The predicted octanol–water partition coefficient (Wildman–Crippen LogP) is 1.50. The molecule has 1 aliphatic heterocycles. The van der Waals surface area contributed by atoms with Gasteiger partial charge < -0.3 is 9.64 Å². The number of nitrogens with zero attached hydrogens (tertiary/aromatic N) is 5. The minimum absolute atomic E-state index is 0.136. The second-order valence-corrected chi connectivity index (χ2v) is 7.02. The monoisotopic (exact) mass is 319 g/mol. The maximum absolute atomic E-state index is 12.8. The summed E-state index contributed by atoms with van der Waals surface area (Å²) in [5, 5.41) is 12.1. The minimum Gasteiger partial charge on any atom is -0.374 e. The number of morpholine rings is 1. The van der Waals surface area contributed by atoms with Gasteiger partial charge in [0, 0.05) is 12.5 Å². The number of carbonyl (C=O) groups excluding carboxylic acids is 1. The van der Waals surface area contributed by atoms with Crippen LogP contribution in [0.15, 0.2) is 0 Å². The molecule has 2 atom stereocenters. The predicted molar refractivity (Wildman–Crippen MR) is 82.7 cm³/mol. The number of amides is 1. The highest BCUT2D eigenvalue weighted by molar-refractivity contribution is 5.76. The van der Waals surface area contributed by atoms with Gasteiger partial charge in [0.1, 0.15) is 6.54 Å². The highest BCUT2D eigenvalue weighted by Gasteiger charge is 2.37. The molecule has 4 rings (SSSR count). The molecule has 0 bridgehead atoms. The van der Waals surface area contributed by atoms with Crippen LogP contribution in [0, 0.1) is 0 Å². The number of tetrazole rings is 1. The lowest BCUT2D eigenvalue weighted by Crippen LogP contribution is -2.55. The Balaban J connectivity index is 1.46. The van der Waals surface area contributed by atoms with Gasteiger partial charge in [0.15, 0.2) is 5.82 Å². The Morgan fingerprint density at radius 1 is 1.13 bits per heavy atom. The standard InChI is InChI=1S/C16H25N5O2/c22-15(20-9-10-23-14-8-4-3-7-13(14)20)11-21-16(17-18-19-21)12-5-1-2-6-12/h12-14H,1-11H2/t13-,14-/m0/s1. The summed E-state index contributed by atoms with van der Waals surface area (Å²) < 4.78 is 7.59. The van der Waals surface area contributed by atoms with Crippen molar-refractivity contribution in [2.45, 2.75) is 76.0 Å². The Morgan fingerprint density at radius 3 is 2.78 bits per heavy atom. The number of ether oxygens (including phenoxy) is 1. The van der Waals surface area contributed by atoms with Gasteiger partial charge in [-0.3, -0.25) is 4.79 Å². The molecule has 7 heteroatoms. The molecule has 23 heavy (non-hydrogen) atoms. The molecule has 1 aromatic heterocycles. The van der Waals surface area contributed by atoms with E-state index < -0.39 is 0 Å². The van der Waals surface area contributed by atoms with Gasteiger partial charge in [-0.15, -0.1) is 5.10 Å². The molecule has 1 saturated heterocycles. The first-order chi connectivity index (χ1) is 11.3. The lowest BCUT2D eigenvalue weighted by molar-refractivity contribution is -0.150. The van der Waals surface area contributed by atoms with Crippen molar-refractivity contribution in [2.75, 3.05) is 13.2 Å². The highest BCUT2D eigenvalue weighted by Crippen LogP contribution is 2.33. The Morgan fingerprint density at radius 2 is 1.91 bits per heavy atom. The first kappa shape index (κ1) is 15.1. The van der Waals surface area contributed by atoms with Gasteiger partial charge in [-0.25, -0.2) is 4.68 Å². The number of hydrogen-bond acceptors (Lipinski definition) is 5. The van der Waals surface area contributed by atoms with Gasteiger partial charge in [0.05, 0.1) is 18.8 Å². The molecule has 1 aromatic rings. The van der Waals surface area contributed by atoms with Crippen molar-refractivity contribution >= 4 is 5.91 Å². The number of carbonyl (C=O) groups is 1. The fraction of sp³-hybridized carbons (Fsp3) is 0.875. The molecule has 3 aliphatic rings. The van der Waals surface area contributed by atoms with E-state index in [1.807, 2.05) is 4.90 Å². The zero-order valence-corrected chi connectivity index (χ0v) is 13.6. The first-order valence-electron chi connectivity index (χ1n) is 9.00. The molecule has 1 amide bonds. The topological polar surface area (TPSA) is 73.1 Å². The number of rotatable bonds is 3. The van der Waals surface area contributed by atoms with Crippen LogP contribution in [-0.2, 0) is 16.1 Å². The molecule has 0 N–H and O–H groups in total. The molecular weight excluding hydrogens is 294 g/mol. The molecular formula is C16H25N5O2. The van der Waals surface area contributed by atoms with Gasteiger partial charge >= 0.3 is 0 Å². The van der Waals surface area contributed by atoms with Gasteiger partial charge in [0.2, 0.25) is 5.91 Å². The lowest BCUT2D eigenvalue weighted by atomic mass is 9.90. The van der Waals surface area contributed by atoms with Crippen LogP contribution in [0.1, 0.15) is 63.1 Å². The smallest absolute Gasteiger partial charge is 0.244 e. The molecule has 2 aliphatic carbocycles. The molecule has 0 radical (unpaired) electrons. The van der Waals surface area contributed by atoms with Crippen LogP contribution in [0.2, 0.25) is 0 Å². The Hall–Kier alpha value is -1.50. The van der Waals surface area contributed by atoms with E-state index in [1.54, 1.807) is 4.68 Å². The third-order valence-corrected chi connectivity index (χ3v) is 5.62. The van der Waals surface area contributed by atoms with Crippen molar-refractivity contribution in [3.05, 3.63) is 5.82 Å².